The van der Waals surface area contributed by atoms with Gasteiger partial charge in [0.15, 0.2) is 0 Å². The Morgan fingerprint density at radius 1 is 1.21 bits per heavy atom. The molecule has 1 saturated heterocycles. The van der Waals surface area contributed by atoms with Crippen molar-refractivity contribution in [2.24, 2.45) is 11.7 Å². The van der Waals surface area contributed by atoms with Crippen molar-refractivity contribution in [3.05, 3.63) is 0 Å². The fraction of sp³-hybridized carbons (Fsp3) is 1.00. The minimum atomic E-state index is -3.42. The number of nitrogens with one attached hydrogen (secondary N) is 1. The van der Waals surface area contributed by atoms with Crippen molar-refractivity contribution in [3.63, 3.8) is 0 Å². The first-order valence-electron chi connectivity index (χ1n) is 7.28. The van der Waals surface area contributed by atoms with Gasteiger partial charge in [-0.15, -0.1) is 0 Å². The van der Waals surface area contributed by atoms with Gasteiger partial charge in [0.2, 0.25) is 0 Å². The van der Waals surface area contributed by atoms with E-state index >= 15 is 0 Å². The molecule has 1 aliphatic rings. The highest BCUT2D eigenvalue weighted by Crippen LogP contribution is 2.19. The van der Waals surface area contributed by atoms with Gasteiger partial charge in [0.05, 0.1) is 0 Å². The Morgan fingerprint density at radius 2 is 1.74 bits per heavy atom. The van der Waals surface area contributed by atoms with Gasteiger partial charge in [-0.2, -0.15) is 17.4 Å². The van der Waals surface area contributed by atoms with E-state index in [0.29, 0.717) is 25.6 Å². The molecule has 1 atom stereocenters. The largest absolute Gasteiger partial charge is 0.329 e. The van der Waals surface area contributed by atoms with E-state index in [1.54, 1.807) is 4.31 Å². The molecule has 0 aliphatic carbocycles. The third-order valence-electron chi connectivity index (χ3n) is 3.59. The smallest absolute Gasteiger partial charge is 0.279 e. The lowest BCUT2D eigenvalue weighted by Gasteiger charge is -2.33. The molecule has 1 heterocycles. The van der Waals surface area contributed by atoms with Crippen molar-refractivity contribution >= 4 is 10.2 Å². The van der Waals surface area contributed by atoms with Crippen molar-refractivity contribution in [3.8, 4) is 0 Å². The molecule has 1 unspecified atom stereocenters. The summed E-state index contributed by atoms with van der Waals surface area (Å²) >= 11 is 0. The van der Waals surface area contributed by atoms with Crippen LogP contribution < -0.4 is 10.5 Å². The maximum Gasteiger partial charge on any atom is 0.279 e. The second kappa shape index (κ2) is 7.02. The molecule has 0 aromatic heterocycles. The first-order valence-corrected chi connectivity index (χ1v) is 8.72. The Kier molecular flexibility index (Phi) is 6.23. The molecule has 0 amide bonds. The predicted octanol–water partition coefficient (Wildman–Crippen LogP) is 1.46. The van der Waals surface area contributed by atoms with Gasteiger partial charge in [-0.05, 0) is 32.1 Å². The van der Waals surface area contributed by atoms with Gasteiger partial charge in [0, 0.05) is 25.2 Å². The van der Waals surface area contributed by atoms with E-state index in [2.05, 4.69) is 18.6 Å². The SMILES string of the molecule is CC(C)CC(C)(CN)NS(=O)(=O)N1CCCCCC1. The molecule has 0 spiro atoms. The Labute approximate surface area is 118 Å². The van der Waals surface area contributed by atoms with Crippen LogP contribution in [0.5, 0.6) is 0 Å². The van der Waals surface area contributed by atoms with Crippen LogP contribution in [0.25, 0.3) is 0 Å². The molecule has 1 rings (SSSR count). The van der Waals surface area contributed by atoms with Crippen LogP contribution in [-0.2, 0) is 10.2 Å². The molecule has 0 saturated carbocycles. The van der Waals surface area contributed by atoms with Crippen molar-refractivity contribution in [1.82, 2.24) is 9.03 Å². The maximum absolute atomic E-state index is 12.5. The lowest BCUT2D eigenvalue weighted by atomic mass is 9.92. The topological polar surface area (TPSA) is 75.4 Å². The molecule has 0 radical (unpaired) electrons. The molecular formula is C13H29N3O2S. The number of hydrogen-bond acceptors (Lipinski definition) is 3. The van der Waals surface area contributed by atoms with Gasteiger partial charge in [-0.25, -0.2) is 0 Å². The summed E-state index contributed by atoms with van der Waals surface area (Å²) in [6, 6.07) is 0. The van der Waals surface area contributed by atoms with Crippen molar-refractivity contribution in [2.45, 2.75) is 58.4 Å². The highest BCUT2D eigenvalue weighted by atomic mass is 32.2. The van der Waals surface area contributed by atoms with E-state index in [1.807, 2.05) is 6.92 Å². The highest BCUT2D eigenvalue weighted by Gasteiger charge is 2.32. The monoisotopic (exact) mass is 291 g/mol. The summed E-state index contributed by atoms with van der Waals surface area (Å²) in [5.74, 6) is 0.403. The van der Waals surface area contributed by atoms with E-state index in [9.17, 15) is 8.42 Å². The van der Waals surface area contributed by atoms with Gasteiger partial charge in [0.25, 0.3) is 10.2 Å². The highest BCUT2D eigenvalue weighted by molar-refractivity contribution is 7.87. The Hall–Kier alpha value is -0.170. The summed E-state index contributed by atoms with van der Waals surface area (Å²) in [5.41, 5.74) is 5.22. The van der Waals surface area contributed by atoms with E-state index < -0.39 is 15.7 Å². The van der Waals surface area contributed by atoms with Gasteiger partial charge < -0.3 is 5.73 Å². The zero-order valence-corrected chi connectivity index (χ0v) is 13.3. The standard InChI is InChI=1S/C13H29N3O2S/c1-12(2)10-13(3,11-14)15-19(17,18)16-8-6-4-5-7-9-16/h12,15H,4-11,14H2,1-3H3. The first kappa shape index (κ1) is 16.9. The third kappa shape index (κ3) is 5.38. The van der Waals surface area contributed by atoms with Crippen molar-refractivity contribution < 1.29 is 8.42 Å². The van der Waals surface area contributed by atoms with Crippen LogP contribution in [0.15, 0.2) is 0 Å². The summed E-state index contributed by atoms with van der Waals surface area (Å²) in [4.78, 5) is 0. The molecule has 3 N–H and O–H groups in total. The lowest BCUT2D eigenvalue weighted by Crippen LogP contribution is -2.56. The van der Waals surface area contributed by atoms with E-state index in [4.69, 9.17) is 5.73 Å². The molecule has 1 fully saturated rings. The summed E-state index contributed by atoms with van der Waals surface area (Å²) < 4.78 is 29.3. The van der Waals surface area contributed by atoms with Gasteiger partial charge in [-0.3, -0.25) is 0 Å². The number of rotatable bonds is 6. The van der Waals surface area contributed by atoms with E-state index in [1.165, 1.54) is 0 Å². The van der Waals surface area contributed by atoms with Crippen LogP contribution in [0, 0.1) is 5.92 Å². The lowest BCUT2D eigenvalue weighted by molar-refractivity contribution is 0.326. The zero-order chi connectivity index (χ0) is 14.5. The fourth-order valence-corrected chi connectivity index (χ4v) is 4.38. The Bertz CT molecular complexity index is 362. The van der Waals surface area contributed by atoms with Crippen LogP contribution >= 0.6 is 0 Å². The summed E-state index contributed by atoms with van der Waals surface area (Å²) in [6.45, 7) is 7.61. The third-order valence-corrected chi connectivity index (χ3v) is 5.39. The van der Waals surface area contributed by atoms with Crippen LogP contribution in [-0.4, -0.2) is 37.9 Å². The molecular weight excluding hydrogens is 262 g/mol. The molecule has 114 valence electrons. The van der Waals surface area contributed by atoms with Crippen LogP contribution in [0.2, 0.25) is 0 Å². The summed E-state index contributed by atoms with van der Waals surface area (Å²) in [7, 11) is -3.42. The first-order chi connectivity index (χ1) is 8.79. The minimum absolute atomic E-state index is 0.318. The molecule has 0 aromatic carbocycles. The molecule has 5 nitrogen and oxygen atoms in total. The Balaban J connectivity index is 2.75. The normalized spacial score (nSPS) is 22.2. The molecule has 1 aliphatic heterocycles. The van der Waals surface area contributed by atoms with Gasteiger partial charge in [0.1, 0.15) is 0 Å². The number of hydrogen-bond donors (Lipinski definition) is 2. The van der Waals surface area contributed by atoms with Crippen LogP contribution in [0.3, 0.4) is 0 Å². The second-order valence-corrected chi connectivity index (χ2v) is 7.95. The second-order valence-electron chi connectivity index (χ2n) is 6.28. The van der Waals surface area contributed by atoms with E-state index in [-0.39, 0.29) is 0 Å². The zero-order valence-electron chi connectivity index (χ0n) is 12.5. The molecule has 0 bridgehead atoms. The minimum Gasteiger partial charge on any atom is -0.329 e. The van der Waals surface area contributed by atoms with Crippen molar-refractivity contribution in [1.29, 1.82) is 0 Å². The average molecular weight is 291 g/mol. The number of nitrogens with two attached hydrogens (primary N) is 1. The summed E-state index contributed by atoms with van der Waals surface area (Å²) in [5, 5.41) is 0. The van der Waals surface area contributed by atoms with Gasteiger partial charge in [-0.1, -0.05) is 26.7 Å². The molecule has 6 heteroatoms. The Morgan fingerprint density at radius 3 is 2.16 bits per heavy atom. The quantitative estimate of drug-likeness (QED) is 0.778. The van der Waals surface area contributed by atoms with Crippen LogP contribution in [0.4, 0.5) is 0 Å². The molecule has 0 aromatic rings. The molecule has 19 heavy (non-hydrogen) atoms. The summed E-state index contributed by atoms with van der Waals surface area (Å²) in [6.07, 6.45) is 4.88. The van der Waals surface area contributed by atoms with Crippen molar-refractivity contribution in [2.75, 3.05) is 19.6 Å². The van der Waals surface area contributed by atoms with Gasteiger partial charge >= 0.3 is 0 Å². The van der Waals surface area contributed by atoms with E-state index in [0.717, 1.165) is 32.1 Å². The maximum atomic E-state index is 12.5. The average Bonchev–Trinajstić information content (AvgIpc) is 2.56. The van der Waals surface area contributed by atoms with Crippen LogP contribution in [0.1, 0.15) is 52.9 Å². The number of nitrogens with zero attached hydrogens (tertiary/aromatic N) is 1. The predicted molar refractivity (Wildman–Crippen MR) is 79.0 cm³/mol. The fourth-order valence-electron chi connectivity index (χ4n) is 2.73.